The first-order valence-electron chi connectivity index (χ1n) is 6.60. The zero-order chi connectivity index (χ0) is 12.7. The Balaban J connectivity index is 2.21. The van der Waals surface area contributed by atoms with Crippen molar-refractivity contribution in [2.45, 2.75) is 46.5 Å². The molecule has 0 unspecified atom stereocenters. The Hall–Kier alpha value is -1.11. The molecule has 1 aliphatic rings. The second-order valence-electron chi connectivity index (χ2n) is 5.21. The minimum absolute atomic E-state index is 0.595. The summed E-state index contributed by atoms with van der Waals surface area (Å²) >= 11 is 0. The minimum atomic E-state index is 0.595. The van der Waals surface area contributed by atoms with Crippen LogP contribution in [-0.4, -0.2) is 12.8 Å². The van der Waals surface area contributed by atoms with Gasteiger partial charge in [0.15, 0.2) is 0 Å². The van der Waals surface area contributed by atoms with E-state index < -0.39 is 0 Å². The standard InChI is InChI=1S/C16H25N/c1-13(2)15(4)6-5-11-17-12-16-9-7-14(3)8-10-16/h7,9,11,13H,4-6,8,10,12H2,1-3H3/b17-11-. The summed E-state index contributed by atoms with van der Waals surface area (Å²) in [5, 5.41) is 0. The van der Waals surface area contributed by atoms with Gasteiger partial charge in [0, 0.05) is 0 Å². The summed E-state index contributed by atoms with van der Waals surface area (Å²) in [6, 6.07) is 0. The molecule has 0 aromatic rings. The van der Waals surface area contributed by atoms with Crippen molar-refractivity contribution in [3.05, 3.63) is 35.5 Å². The molecular formula is C16H25N. The van der Waals surface area contributed by atoms with Gasteiger partial charge in [-0.3, -0.25) is 4.99 Å². The van der Waals surface area contributed by atoms with Crippen LogP contribution in [0.15, 0.2) is 40.4 Å². The molecular weight excluding hydrogens is 206 g/mol. The van der Waals surface area contributed by atoms with E-state index in [1.165, 1.54) is 29.6 Å². The summed E-state index contributed by atoms with van der Waals surface area (Å²) in [7, 11) is 0. The summed E-state index contributed by atoms with van der Waals surface area (Å²) < 4.78 is 0. The molecule has 0 bridgehead atoms. The molecule has 1 heteroatoms. The van der Waals surface area contributed by atoms with Crippen molar-refractivity contribution >= 4 is 6.21 Å². The van der Waals surface area contributed by atoms with Crippen LogP contribution in [0.4, 0.5) is 0 Å². The number of hydrogen-bond donors (Lipinski definition) is 0. The quantitative estimate of drug-likeness (QED) is 0.463. The van der Waals surface area contributed by atoms with Gasteiger partial charge < -0.3 is 0 Å². The lowest BCUT2D eigenvalue weighted by atomic mass is 9.99. The molecule has 94 valence electrons. The maximum atomic E-state index is 4.49. The Kier molecular flexibility index (Phi) is 5.96. The van der Waals surface area contributed by atoms with Crippen LogP contribution < -0.4 is 0 Å². The summed E-state index contributed by atoms with van der Waals surface area (Å²) in [5.41, 5.74) is 4.26. The van der Waals surface area contributed by atoms with Crippen LogP contribution in [0, 0.1) is 5.92 Å². The molecule has 17 heavy (non-hydrogen) atoms. The topological polar surface area (TPSA) is 12.4 Å². The van der Waals surface area contributed by atoms with Crippen LogP contribution in [0.25, 0.3) is 0 Å². The number of nitrogens with zero attached hydrogens (tertiary/aromatic N) is 1. The third-order valence-corrected chi connectivity index (χ3v) is 3.28. The average molecular weight is 231 g/mol. The van der Waals surface area contributed by atoms with Crippen LogP contribution in [0.5, 0.6) is 0 Å². The van der Waals surface area contributed by atoms with Crippen LogP contribution in [0.1, 0.15) is 46.5 Å². The van der Waals surface area contributed by atoms with Gasteiger partial charge in [0.1, 0.15) is 0 Å². The molecule has 0 fully saturated rings. The molecule has 0 heterocycles. The van der Waals surface area contributed by atoms with Gasteiger partial charge in [-0.05, 0) is 50.3 Å². The molecule has 1 rings (SSSR count). The highest BCUT2D eigenvalue weighted by molar-refractivity contribution is 5.58. The Morgan fingerprint density at radius 3 is 2.76 bits per heavy atom. The normalized spacial score (nSPS) is 16.2. The van der Waals surface area contributed by atoms with E-state index in [2.05, 4.69) is 50.7 Å². The van der Waals surface area contributed by atoms with E-state index in [1.54, 1.807) is 0 Å². The first kappa shape index (κ1) is 14.0. The SMILES string of the molecule is C=C(CC/C=N\CC1=CC=C(C)CC1)C(C)C. The van der Waals surface area contributed by atoms with Crippen molar-refractivity contribution in [3.63, 3.8) is 0 Å². The van der Waals surface area contributed by atoms with Crippen molar-refractivity contribution in [1.29, 1.82) is 0 Å². The Morgan fingerprint density at radius 2 is 2.18 bits per heavy atom. The fourth-order valence-corrected chi connectivity index (χ4v) is 1.73. The summed E-state index contributed by atoms with van der Waals surface area (Å²) in [6.07, 6.45) is 11.0. The monoisotopic (exact) mass is 231 g/mol. The zero-order valence-electron chi connectivity index (χ0n) is 11.5. The molecule has 0 radical (unpaired) electrons. The second kappa shape index (κ2) is 7.26. The lowest BCUT2D eigenvalue weighted by molar-refractivity contribution is 0.726. The van der Waals surface area contributed by atoms with E-state index in [9.17, 15) is 0 Å². The number of hydrogen-bond acceptors (Lipinski definition) is 1. The number of rotatable bonds is 6. The van der Waals surface area contributed by atoms with Crippen molar-refractivity contribution in [2.24, 2.45) is 10.9 Å². The highest BCUT2D eigenvalue weighted by atomic mass is 14.7. The predicted octanol–water partition coefficient (Wildman–Crippen LogP) is 4.72. The van der Waals surface area contributed by atoms with Gasteiger partial charge >= 0.3 is 0 Å². The van der Waals surface area contributed by atoms with E-state index in [4.69, 9.17) is 0 Å². The fourth-order valence-electron chi connectivity index (χ4n) is 1.73. The van der Waals surface area contributed by atoms with Gasteiger partial charge in [-0.25, -0.2) is 0 Å². The van der Waals surface area contributed by atoms with E-state index in [-0.39, 0.29) is 0 Å². The lowest BCUT2D eigenvalue weighted by Gasteiger charge is -2.09. The maximum absolute atomic E-state index is 4.49. The van der Waals surface area contributed by atoms with Gasteiger partial charge in [0.25, 0.3) is 0 Å². The number of allylic oxidation sites excluding steroid dienone is 4. The third kappa shape index (κ3) is 5.67. The molecule has 0 aliphatic heterocycles. The molecule has 0 saturated carbocycles. The van der Waals surface area contributed by atoms with E-state index >= 15 is 0 Å². The van der Waals surface area contributed by atoms with Crippen LogP contribution in [0.2, 0.25) is 0 Å². The number of aliphatic imine (C=N–C) groups is 1. The molecule has 0 atom stereocenters. The molecule has 0 amide bonds. The van der Waals surface area contributed by atoms with Crippen molar-refractivity contribution in [1.82, 2.24) is 0 Å². The summed E-state index contributed by atoms with van der Waals surface area (Å²) in [6.45, 7) is 11.5. The highest BCUT2D eigenvalue weighted by Gasteiger charge is 2.01. The van der Waals surface area contributed by atoms with Crippen LogP contribution in [0.3, 0.4) is 0 Å². The molecule has 0 spiro atoms. The highest BCUT2D eigenvalue weighted by Crippen LogP contribution is 2.17. The van der Waals surface area contributed by atoms with Crippen molar-refractivity contribution < 1.29 is 0 Å². The summed E-state index contributed by atoms with van der Waals surface area (Å²) in [5.74, 6) is 0.595. The second-order valence-corrected chi connectivity index (χ2v) is 5.21. The molecule has 1 aliphatic carbocycles. The Bertz CT molecular complexity index is 343. The van der Waals surface area contributed by atoms with Gasteiger partial charge in [0.2, 0.25) is 0 Å². The fraction of sp³-hybridized carbons (Fsp3) is 0.562. The van der Waals surface area contributed by atoms with Crippen LogP contribution >= 0.6 is 0 Å². The van der Waals surface area contributed by atoms with Gasteiger partial charge in [-0.1, -0.05) is 43.7 Å². The largest absolute Gasteiger partial charge is 0.293 e. The first-order chi connectivity index (χ1) is 8.09. The smallest absolute Gasteiger partial charge is 0.0598 e. The van der Waals surface area contributed by atoms with Crippen LogP contribution in [-0.2, 0) is 0 Å². The Morgan fingerprint density at radius 1 is 1.41 bits per heavy atom. The summed E-state index contributed by atoms with van der Waals surface area (Å²) in [4.78, 5) is 4.49. The first-order valence-corrected chi connectivity index (χ1v) is 6.60. The van der Waals surface area contributed by atoms with E-state index in [0.717, 1.165) is 19.4 Å². The molecule has 0 aromatic heterocycles. The zero-order valence-corrected chi connectivity index (χ0v) is 11.5. The van der Waals surface area contributed by atoms with Gasteiger partial charge in [0.05, 0.1) is 6.54 Å². The molecule has 0 N–H and O–H groups in total. The minimum Gasteiger partial charge on any atom is -0.293 e. The third-order valence-electron chi connectivity index (χ3n) is 3.28. The predicted molar refractivity (Wildman–Crippen MR) is 77.6 cm³/mol. The van der Waals surface area contributed by atoms with E-state index in [0.29, 0.717) is 5.92 Å². The average Bonchev–Trinajstić information content (AvgIpc) is 2.30. The van der Waals surface area contributed by atoms with Crippen molar-refractivity contribution in [3.8, 4) is 0 Å². The van der Waals surface area contributed by atoms with Gasteiger partial charge in [-0.15, -0.1) is 0 Å². The molecule has 0 aromatic carbocycles. The van der Waals surface area contributed by atoms with E-state index in [1.807, 2.05) is 0 Å². The Labute approximate surface area is 106 Å². The molecule has 0 saturated heterocycles. The lowest BCUT2D eigenvalue weighted by Crippen LogP contribution is -1.96. The van der Waals surface area contributed by atoms with Crippen molar-refractivity contribution in [2.75, 3.05) is 6.54 Å². The maximum Gasteiger partial charge on any atom is 0.0598 e. The van der Waals surface area contributed by atoms with Gasteiger partial charge in [-0.2, -0.15) is 0 Å². The molecule has 1 nitrogen and oxygen atoms in total.